The van der Waals surface area contributed by atoms with Crippen LogP contribution in [0.25, 0.3) is 0 Å². The number of piperidine rings is 1. The molecule has 160 valence electrons. The first-order chi connectivity index (χ1) is 14.4. The van der Waals surface area contributed by atoms with Gasteiger partial charge in [0.15, 0.2) is 0 Å². The number of hydrogen-bond acceptors (Lipinski definition) is 4. The van der Waals surface area contributed by atoms with Crippen molar-refractivity contribution in [1.29, 1.82) is 0 Å². The van der Waals surface area contributed by atoms with E-state index in [4.69, 9.17) is 0 Å². The Hall–Kier alpha value is -2.78. The predicted octanol–water partition coefficient (Wildman–Crippen LogP) is 2.15. The fourth-order valence-electron chi connectivity index (χ4n) is 3.38. The van der Waals surface area contributed by atoms with E-state index in [1.165, 1.54) is 12.1 Å². The van der Waals surface area contributed by atoms with Crippen LogP contribution in [0.1, 0.15) is 31.2 Å². The minimum Gasteiger partial charge on any atom is -0.273 e. The summed E-state index contributed by atoms with van der Waals surface area (Å²) in [5, 5.41) is 0. The number of nitrogens with zero attached hydrogens (tertiary/aromatic N) is 1. The highest BCUT2D eigenvalue weighted by Gasteiger charge is 2.37. The van der Waals surface area contributed by atoms with Gasteiger partial charge < -0.3 is 0 Å². The monoisotopic (exact) mass is 433 g/mol. The van der Waals surface area contributed by atoms with Crippen molar-refractivity contribution in [1.82, 2.24) is 15.2 Å². The molecular weight excluding hydrogens is 409 g/mol. The first kappa shape index (κ1) is 21.9. The smallest absolute Gasteiger partial charge is 0.256 e. The third kappa shape index (κ3) is 5.43. The van der Waals surface area contributed by atoms with Gasteiger partial charge in [-0.05, 0) is 49.1 Å². The van der Waals surface area contributed by atoms with E-state index in [1.807, 2.05) is 30.3 Å². The summed E-state index contributed by atoms with van der Waals surface area (Å²) in [5.41, 5.74) is 5.71. The molecule has 1 heterocycles. The van der Waals surface area contributed by atoms with Crippen LogP contribution in [0, 0.1) is 5.82 Å². The molecule has 1 fully saturated rings. The zero-order valence-electron chi connectivity index (χ0n) is 16.4. The summed E-state index contributed by atoms with van der Waals surface area (Å²) in [4.78, 5) is 24.6. The SMILES string of the molecule is O=C(CCc1ccccc1)NNC(=O)[C@@H]1CCCCN1S(=O)(=O)c1ccc(F)cc1. The van der Waals surface area contributed by atoms with Gasteiger partial charge in [0.05, 0.1) is 4.90 Å². The van der Waals surface area contributed by atoms with Gasteiger partial charge >= 0.3 is 0 Å². The molecule has 2 aromatic carbocycles. The highest BCUT2D eigenvalue weighted by Crippen LogP contribution is 2.25. The molecule has 30 heavy (non-hydrogen) atoms. The Balaban J connectivity index is 1.60. The highest BCUT2D eigenvalue weighted by molar-refractivity contribution is 7.89. The molecule has 9 heteroatoms. The molecule has 0 aromatic heterocycles. The second-order valence-electron chi connectivity index (χ2n) is 7.10. The van der Waals surface area contributed by atoms with Crippen molar-refractivity contribution < 1.29 is 22.4 Å². The molecule has 0 spiro atoms. The molecule has 1 aliphatic rings. The lowest BCUT2D eigenvalue weighted by atomic mass is 10.0. The minimum atomic E-state index is -3.96. The lowest BCUT2D eigenvalue weighted by Crippen LogP contribution is -2.55. The Morgan fingerprint density at radius 2 is 1.70 bits per heavy atom. The second kappa shape index (κ2) is 9.82. The van der Waals surface area contributed by atoms with Crippen LogP contribution >= 0.6 is 0 Å². The lowest BCUT2D eigenvalue weighted by molar-refractivity contribution is -0.131. The average molecular weight is 434 g/mol. The van der Waals surface area contributed by atoms with Crippen molar-refractivity contribution in [2.24, 2.45) is 0 Å². The van der Waals surface area contributed by atoms with Crippen LogP contribution in [0.4, 0.5) is 4.39 Å². The van der Waals surface area contributed by atoms with Crippen LogP contribution in [-0.2, 0) is 26.0 Å². The van der Waals surface area contributed by atoms with Crippen molar-refractivity contribution in [3.63, 3.8) is 0 Å². The third-order valence-corrected chi connectivity index (χ3v) is 6.91. The number of hydrogen-bond donors (Lipinski definition) is 2. The third-order valence-electron chi connectivity index (χ3n) is 4.99. The number of hydrazine groups is 1. The van der Waals surface area contributed by atoms with Gasteiger partial charge in [-0.15, -0.1) is 0 Å². The fraction of sp³-hybridized carbons (Fsp3) is 0.333. The molecular formula is C21H24FN3O4S. The van der Waals surface area contributed by atoms with E-state index in [2.05, 4.69) is 10.9 Å². The largest absolute Gasteiger partial charge is 0.273 e. The summed E-state index contributed by atoms with van der Waals surface area (Å²) in [6.45, 7) is 0.180. The number of halogens is 1. The van der Waals surface area contributed by atoms with Crippen LogP contribution in [0.3, 0.4) is 0 Å². The topological polar surface area (TPSA) is 95.6 Å². The maximum absolute atomic E-state index is 13.2. The Morgan fingerprint density at radius 1 is 1.00 bits per heavy atom. The number of aryl methyl sites for hydroxylation is 1. The molecule has 1 atom stereocenters. The predicted molar refractivity (Wildman–Crippen MR) is 109 cm³/mol. The Kier molecular flexibility index (Phi) is 7.17. The summed E-state index contributed by atoms with van der Waals surface area (Å²) < 4.78 is 40.2. The second-order valence-corrected chi connectivity index (χ2v) is 8.99. The molecule has 7 nitrogen and oxygen atoms in total. The number of rotatable bonds is 6. The number of benzene rings is 2. The van der Waals surface area contributed by atoms with Gasteiger partial charge in [0.1, 0.15) is 11.9 Å². The fourth-order valence-corrected chi connectivity index (χ4v) is 5.03. The number of carbonyl (C=O) groups excluding carboxylic acids is 2. The van der Waals surface area contributed by atoms with E-state index in [-0.39, 0.29) is 23.8 Å². The number of nitrogens with one attached hydrogen (secondary N) is 2. The van der Waals surface area contributed by atoms with Gasteiger partial charge in [-0.25, -0.2) is 12.8 Å². The van der Waals surface area contributed by atoms with Gasteiger partial charge in [0.25, 0.3) is 5.91 Å². The molecule has 2 aromatic rings. The molecule has 0 saturated carbocycles. The first-order valence-electron chi connectivity index (χ1n) is 9.78. The molecule has 0 unspecified atom stereocenters. The molecule has 0 aliphatic carbocycles. The van der Waals surface area contributed by atoms with E-state index in [1.54, 1.807) is 0 Å². The molecule has 1 aliphatic heterocycles. The molecule has 1 saturated heterocycles. The normalized spacial score (nSPS) is 17.3. The zero-order valence-corrected chi connectivity index (χ0v) is 17.2. The summed E-state index contributed by atoms with van der Waals surface area (Å²) in [5.74, 6) is -1.50. The first-order valence-corrected chi connectivity index (χ1v) is 11.2. The van der Waals surface area contributed by atoms with Crippen molar-refractivity contribution in [2.75, 3.05) is 6.54 Å². The van der Waals surface area contributed by atoms with E-state index in [9.17, 15) is 22.4 Å². The maximum atomic E-state index is 13.2. The quantitative estimate of drug-likeness (QED) is 0.683. The average Bonchev–Trinajstić information content (AvgIpc) is 2.77. The van der Waals surface area contributed by atoms with Crippen LogP contribution in [0.15, 0.2) is 59.5 Å². The molecule has 2 amide bonds. The molecule has 0 radical (unpaired) electrons. The summed E-state index contributed by atoms with van der Waals surface area (Å²) in [6.07, 6.45) is 2.36. The van der Waals surface area contributed by atoms with Gasteiger partial charge in [0, 0.05) is 13.0 Å². The standard InChI is InChI=1S/C21H24FN3O4S/c22-17-10-12-18(13-11-17)30(28,29)25-15-5-4-8-19(25)21(27)24-23-20(26)14-9-16-6-2-1-3-7-16/h1-3,6-7,10-13,19H,4-5,8-9,14-15H2,(H,23,26)(H,24,27)/t19-/m0/s1. The van der Waals surface area contributed by atoms with Crippen LogP contribution in [0.2, 0.25) is 0 Å². The van der Waals surface area contributed by atoms with Crippen molar-refractivity contribution in [3.8, 4) is 0 Å². The molecule has 2 N–H and O–H groups in total. The van der Waals surface area contributed by atoms with Crippen molar-refractivity contribution >= 4 is 21.8 Å². The van der Waals surface area contributed by atoms with Gasteiger partial charge in [-0.2, -0.15) is 4.31 Å². The summed E-state index contributed by atoms with van der Waals surface area (Å²) in [7, 11) is -3.96. The zero-order chi connectivity index (χ0) is 21.6. The van der Waals surface area contributed by atoms with Gasteiger partial charge in [-0.1, -0.05) is 36.8 Å². The number of amides is 2. The van der Waals surface area contributed by atoms with Gasteiger partial charge in [-0.3, -0.25) is 20.4 Å². The van der Waals surface area contributed by atoms with E-state index < -0.39 is 27.8 Å². The van der Waals surface area contributed by atoms with E-state index in [0.717, 1.165) is 22.0 Å². The summed E-state index contributed by atoms with van der Waals surface area (Å²) in [6, 6.07) is 13.0. The number of sulfonamides is 1. The Morgan fingerprint density at radius 3 is 2.40 bits per heavy atom. The highest BCUT2D eigenvalue weighted by atomic mass is 32.2. The van der Waals surface area contributed by atoms with Gasteiger partial charge in [0.2, 0.25) is 15.9 Å². The Labute approximate surface area is 175 Å². The van der Waals surface area contributed by atoms with Crippen LogP contribution in [0.5, 0.6) is 0 Å². The maximum Gasteiger partial charge on any atom is 0.256 e. The van der Waals surface area contributed by atoms with Crippen LogP contribution in [-0.4, -0.2) is 37.1 Å². The van der Waals surface area contributed by atoms with E-state index in [0.29, 0.717) is 25.7 Å². The Bertz CT molecular complexity index is 981. The van der Waals surface area contributed by atoms with E-state index >= 15 is 0 Å². The number of carbonyl (C=O) groups is 2. The lowest BCUT2D eigenvalue weighted by Gasteiger charge is -2.33. The van der Waals surface area contributed by atoms with Crippen molar-refractivity contribution in [2.45, 2.75) is 43.0 Å². The molecule has 0 bridgehead atoms. The van der Waals surface area contributed by atoms with Crippen LogP contribution < -0.4 is 10.9 Å². The molecule has 3 rings (SSSR count). The van der Waals surface area contributed by atoms with Crippen molar-refractivity contribution in [3.05, 3.63) is 66.0 Å². The minimum absolute atomic E-state index is 0.0736. The summed E-state index contributed by atoms with van der Waals surface area (Å²) >= 11 is 0.